The Kier molecular flexibility index (Phi) is 8.04. The van der Waals surface area contributed by atoms with Crippen LogP contribution in [0.3, 0.4) is 0 Å². The van der Waals surface area contributed by atoms with Crippen molar-refractivity contribution in [3.63, 3.8) is 0 Å². The number of carbonyl (C=O) groups excluding carboxylic acids is 2. The lowest BCUT2D eigenvalue weighted by molar-refractivity contribution is -0.116. The van der Waals surface area contributed by atoms with E-state index in [-0.39, 0.29) is 11.9 Å². The summed E-state index contributed by atoms with van der Waals surface area (Å²) in [5, 5.41) is 5.47. The SMILES string of the molecule is CCOc1ccc(N([C@@H](C)C(=O)Nc2ccccc2C(=O)NC(C)C)S(C)(=O)=O)cc1. The molecule has 2 amide bonds. The predicted molar refractivity (Wildman–Crippen MR) is 122 cm³/mol. The molecule has 0 saturated heterocycles. The molecular weight excluding hydrogens is 418 g/mol. The number of benzene rings is 2. The van der Waals surface area contributed by atoms with Crippen LogP contribution in [0, 0.1) is 0 Å². The summed E-state index contributed by atoms with van der Waals surface area (Å²) in [6, 6.07) is 11.9. The van der Waals surface area contributed by atoms with E-state index in [1.165, 1.54) is 6.92 Å². The standard InChI is InChI=1S/C22H29N3O5S/c1-6-30-18-13-11-17(12-14-18)25(31(5,28)29)16(4)21(26)24-20-10-8-7-9-19(20)22(27)23-15(2)3/h7-16H,6H2,1-5H3,(H,23,27)(H,24,26)/t16-/m0/s1. The van der Waals surface area contributed by atoms with Gasteiger partial charge in [0.15, 0.2) is 0 Å². The highest BCUT2D eigenvalue weighted by Gasteiger charge is 2.30. The number of amides is 2. The van der Waals surface area contributed by atoms with Gasteiger partial charge in [0.1, 0.15) is 11.8 Å². The highest BCUT2D eigenvalue weighted by atomic mass is 32.2. The van der Waals surface area contributed by atoms with Gasteiger partial charge in [-0.25, -0.2) is 8.42 Å². The third-order valence-electron chi connectivity index (χ3n) is 4.34. The summed E-state index contributed by atoms with van der Waals surface area (Å²) in [5.74, 6) is -0.295. The minimum Gasteiger partial charge on any atom is -0.494 e. The quantitative estimate of drug-likeness (QED) is 0.615. The van der Waals surface area contributed by atoms with Crippen molar-refractivity contribution in [1.82, 2.24) is 5.32 Å². The smallest absolute Gasteiger partial charge is 0.253 e. The number of carbonyl (C=O) groups is 2. The maximum Gasteiger partial charge on any atom is 0.253 e. The first-order valence-corrected chi connectivity index (χ1v) is 11.8. The van der Waals surface area contributed by atoms with E-state index in [2.05, 4.69) is 10.6 Å². The molecule has 9 heteroatoms. The monoisotopic (exact) mass is 447 g/mol. The summed E-state index contributed by atoms with van der Waals surface area (Å²) in [6.07, 6.45) is 1.04. The molecule has 0 fully saturated rings. The topological polar surface area (TPSA) is 105 Å². The van der Waals surface area contributed by atoms with E-state index in [9.17, 15) is 18.0 Å². The number of hydrogen-bond donors (Lipinski definition) is 2. The molecule has 0 aliphatic carbocycles. The molecular formula is C22H29N3O5S. The number of anilines is 2. The Morgan fingerprint density at radius 1 is 1.03 bits per heavy atom. The maximum absolute atomic E-state index is 13.0. The molecule has 0 aromatic heterocycles. The molecule has 2 rings (SSSR count). The van der Waals surface area contributed by atoms with Crippen molar-refractivity contribution in [3.05, 3.63) is 54.1 Å². The third-order valence-corrected chi connectivity index (χ3v) is 5.58. The van der Waals surface area contributed by atoms with Crippen LogP contribution in [0.15, 0.2) is 48.5 Å². The molecule has 8 nitrogen and oxygen atoms in total. The highest BCUT2D eigenvalue weighted by Crippen LogP contribution is 2.25. The highest BCUT2D eigenvalue weighted by molar-refractivity contribution is 7.92. The van der Waals surface area contributed by atoms with Gasteiger partial charge in [-0.05, 0) is 64.1 Å². The molecule has 2 aromatic rings. The second-order valence-corrected chi connectivity index (χ2v) is 9.18. The molecule has 2 aromatic carbocycles. The minimum atomic E-state index is -3.77. The largest absolute Gasteiger partial charge is 0.494 e. The average Bonchev–Trinajstić information content (AvgIpc) is 2.68. The zero-order valence-corrected chi connectivity index (χ0v) is 19.2. The fraction of sp³-hybridized carbons (Fsp3) is 0.364. The lowest BCUT2D eigenvalue weighted by Crippen LogP contribution is -2.45. The summed E-state index contributed by atoms with van der Waals surface area (Å²) < 4.78 is 31.4. The van der Waals surface area contributed by atoms with Gasteiger partial charge >= 0.3 is 0 Å². The Bertz CT molecular complexity index is 1020. The van der Waals surface area contributed by atoms with Crippen LogP contribution >= 0.6 is 0 Å². The van der Waals surface area contributed by atoms with Gasteiger partial charge < -0.3 is 15.4 Å². The molecule has 1 atom stereocenters. The molecule has 0 heterocycles. The van der Waals surface area contributed by atoms with Crippen LogP contribution in [-0.2, 0) is 14.8 Å². The van der Waals surface area contributed by atoms with Crippen molar-refractivity contribution in [3.8, 4) is 5.75 Å². The molecule has 0 radical (unpaired) electrons. The van der Waals surface area contributed by atoms with Gasteiger partial charge in [0.05, 0.1) is 29.8 Å². The molecule has 168 valence electrons. The molecule has 0 spiro atoms. The molecule has 0 saturated carbocycles. The van der Waals surface area contributed by atoms with Crippen LogP contribution < -0.4 is 19.7 Å². The van der Waals surface area contributed by atoms with Gasteiger partial charge in [-0.3, -0.25) is 13.9 Å². The number of sulfonamides is 1. The number of ether oxygens (including phenoxy) is 1. The Hall–Kier alpha value is -3.07. The van der Waals surface area contributed by atoms with E-state index in [0.29, 0.717) is 29.3 Å². The Balaban J connectivity index is 2.30. The second kappa shape index (κ2) is 10.3. The predicted octanol–water partition coefficient (Wildman–Crippen LogP) is 3.02. The molecule has 0 bridgehead atoms. The maximum atomic E-state index is 13.0. The lowest BCUT2D eigenvalue weighted by atomic mass is 10.1. The third kappa shape index (κ3) is 6.45. The van der Waals surface area contributed by atoms with Gasteiger partial charge in [-0.15, -0.1) is 0 Å². The number of hydrogen-bond acceptors (Lipinski definition) is 5. The molecule has 0 unspecified atom stereocenters. The van der Waals surface area contributed by atoms with E-state index in [0.717, 1.165) is 10.6 Å². The van der Waals surface area contributed by atoms with Gasteiger partial charge in [0.25, 0.3) is 5.91 Å². The summed E-state index contributed by atoms with van der Waals surface area (Å²) in [5.41, 5.74) is 0.931. The summed E-state index contributed by atoms with van der Waals surface area (Å²) >= 11 is 0. The first-order chi connectivity index (χ1) is 14.5. The average molecular weight is 448 g/mol. The van der Waals surface area contributed by atoms with E-state index in [4.69, 9.17) is 4.74 Å². The van der Waals surface area contributed by atoms with Crippen LogP contribution in [0.1, 0.15) is 38.1 Å². The molecule has 31 heavy (non-hydrogen) atoms. The number of rotatable bonds is 9. The first kappa shape index (κ1) is 24.2. The van der Waals surface area contributed by atoms with Gasteiger partial charge in [-0.1, -0.05) is 12.1 Å². The van der Waals surface area contributed by atoms with Crippen LogP contribution in [0.5, 0.6) is 5.75 Å². The van der Waals surface area contributed by atoms with Gasteiger partial charge in [0, 0.05) is 6.04 Å². The first-order valence-electron chi connectivity index (χ1n) is 9.97. The second-order valence-electron chi connectivity index (χ2n) is 7.32. The van der Waals surface area contributed by atoms with Crippen molar-refractivity contribution in [2.45, 2.75) is 39.8 Å². The fourth-order valence-electron chi connectivity index (χ4n) is 3.03. The van der Waals surface area contributed by atoms with Crippen molar-refractivity contribution in [1.29, 1.82) is 0 Å². The van der Waals surface area contributed by atoms with Crippen molar-refractivity contribution < 1.29 is 22.7 Å². The molecule has 0 aliphatic rings. The lowest BCUT2D eigenvalue weighted by Gasteiger charge is -2.28. The Morgan fingerprint density at radius 3 is 2.19 bits per heavy atom. The summed E-state index contributed by atoms with van der Waals surface area (Å²) in [7, 11) is -3.77. The van der Waals surface area contributed by atoms with Crippen LogP contribution in [0.4, 0.5) is 11.4 Å². The molecule has 2 N–H and O–H groups in total. The zero-order chi connectivity index (χ0) is 23.2. The van der Waals surface area contributed by atoms with Crippen LogP contribution in [0.2, 0.25) is 0 Å². The van der Waals surface area contributed by atoms with Crippen molar-refractivity contribution in [2.24, 2.45) is 0 Å². The van der Waals surface area contributed by atoms with Crippen molar-refractivity contribution >= 4 is 33.2 Å². The van der Waals surface area contributed by atoms with E-state index < -0.39 is 22.0 Å². The van der Waals surface area contributed by atoms with Gasteiger partial charge in [0.2, 0.25) is 15.9 Å². The van der Waals surface area contributed by atoms with Crippen LogP contribution in [-0.4, -0.2) is 45.2 Å². The molecule has 0 aliphatic heterocycles. The fourth-order valence-corrected chi connectivity index (χ4v) is 4.21. The Labute approximate surface area is 183 Å². The summed E-state index contributed by atoms with van der Waals surface area (Å²) in [6.45, 7) is 7.49. The zero-order valence-electron chi connectivity index (χ0n) is 18.4. The minimum absolute atomic E-state index is 0.0735. The van der Waals surface area contributed by atoms with Gasteiger partial charge in [-0.2, -0.15) is 0 Å². The van der Waals surface area contributed by atoms with E-state index in [1.807, 2.05) is 20.8 Å². The normalized spacial score (nSPS) is 12.2. The van der Waals surface area contributed by atoms with Crippen molar-refractivity contribution in [2.75, 3.05) is 22.5 Å². The number of nitrogens with one attached hydrogen (secondary N) is 2. The van der Waals surface area contributed by atoms with E-state index >= 15 is 0 Å². The van der Waals surface area contributed by atoms with Crippen LogP contribution in [0.25, 0.3) is 0 Å². The Morgan fingerprint density at radius 2 is 1.65 bits per heavy atom. The summed E-state index contributed by atoms with van der Waals surface area (Å²) in [4.78, 5) is 25.4. The number of para-hydroxylation sites is 1. The number of nitrogens with zero attached hydrogens (tertiary/aromatic N) is 1. The van der Waals surface area contributed by atoms with E-state index in [1.54, 1.807) is 48.5 Å².